The topological polar surface area (TPSA) is 133 Å². The third-order valence-corrected chi connectivity index (χ3v) is 2.75. The van der Waals surface area contributed by atoms with Crippen molar-refractivity contribution in [2.24, 2.45) is 0 Å². The number of nitrogens with zero attached hydrogens (tertiary/aromatic N) is 2. The fraction of sp³-hybridized carbons (Fsp3) is 0.125. The van der Waals surface area contributed by atoms with Crippen molar-refractivity contribution >= 4 is 21.4 Å². The molecule has 0 radical (unpaired) electrons. The van der Waals surface area contributed by atoms with E-state index in [2.05, 4.69) is 0 Å². The Bertz CT molecular complexity index is 590. The number of anilines is 1. The highest BCUT2D eigenvalue weighted by atomic mass is 32.2. The van der Waals surface area contributed by atoms with Crippen LogP contribution in [0.1, 0.15) is 0 Å². The van der Waals surface area contributed by atoms with Crippen molar-refractivity contribution in [2.75, 3.05) is 10.5 Å². The first-order valence-corrected chi connectivity index (χ1v) is 5.86. The van der Waals surface area contributed by atoms with E-state index < -0.39 is 26.4 Å². The van der Waals surface area contributed by atoms with E-state index >= 15 is 0 Å². The fourth-order valence-electron chi connectivity index (χ4n) is 1.01. The van der Waals surface area contributed by atoms with E-state index in [1.807, 2.05) is 4.72 Å². The molecule has 0 heterocycles. The van der Waals surface area contributed by atoms with Gasteiger partial charge >= 0.3 is 0 Å². The van der Waals surface area contributed by atoms with Crippen molar-refractivity contribution in [3.05, 3.63) is 28.3 Å². The Balaban J connectivity index is 3.03. The van der Waals surface area contributed by atoms with Crippen LogP contribution < -0.4 is 4.72 Å². The average Bonchev–Trinajstić information content (AvgIpc) is 2.20. The van der Waals surface area contributed by atoms with E-state index in [1.54, 1.807) is 0 Å². The zero-order chi connectivity index (χ0) is 13.1. The first kappa shape index (κ1) is 12.7. The molecule has 2 N–H and O–H groups in total. The maximum Gasteiger partial charge on any atom is 0.273 e. The number of nitrogens with one attached hydrogen (secondary N) is 1. The Hall–Kier alpha value is -2.34. The summed E-state index contributed by atoms with van der Waals surface area (Å²) >= 11 is 0. The number of hydrogen-bond acceptors (Lipinski definition) is 6. The zero-order valence-electron chi connectivity index (χ0n) is 8.32. The SMILES string of the molecule is N#CCS(=O)(=O)Nc1ccc([N+](=O)[O-])cc1O. The minimum absolute atomic E-state index is 0.217. The lowest BCUT2D eigenvalue weighted by molar-refractivity contribution is -0.384. The summed E-state index contributed by atoms with van der Waals surface area (Å²) in [6.45, 7) is 0. The van der Waals surface area contributed by atoms with Crippen LogP contribution in [0.15, 0.2) is 18.2 Å². The van der Waals surface area contributed by atoms with Crippen LogP contribution in [0, 0.1) is 21.4 Å². The molecule has 0 unspecified atom stereocenters. The van der Waals surface area contributed by atoms with E-state index in [9.17, 15) is 23.6 Å². The molecule has 1 aromatic rings. The van der Waals surface area contributed by atoms with Crippen molar-refractivity contribution < 1.29 is 18.4 Å². The predicted molar refractivity (Wildman–Crippen MR) is 57.8 cm³/mol. The molecule has 0 aliphatic heterocycles. The van der Waals surface area contributed by atoms with Gasteiger partial charge in [0.15, 0.2) is 5.75 Å². The lowest BCUT2D eigenvalue weighted by Crippen LogP contribution is -2.15. The molecule has 1 aromatic carbocycles. The Morgan fingerprint density at radius 3 is 2.65 bits per heavy atom. The second-order valence-corrected chi connectivity index (χ2v) is 4.70. The fourth-order valence-corrected chi connectivity index (χ4v) is 1.76. The summed E-state index contributed by atoms with van der Waals surface area (Å²) in [4.78, 5) is 9.64. The van der Waals surface area contributed by atoms with Crippen molar-refractivity contribution in [1.29, 1.82) is 5.26 Å². The molecule has 0 aliphatic carbocycles. The molecule has 0 spiro atoms. The summed E-state index contributed by atoms with van der Waals surface area (Å²) in [5.74, 6) is -1.36. The molecular weight excluding hydrogens is 250 g/mol. The predicted octanol–water partition coefficient (Wildman–Crippen LogP) is 0.566. The molecule has 0 fully saturated rings. The Labute approximate surface area is 96.3 Å². The van der Waals surface area contributed by atoms with Gasteiger partial charge in [0.2, 0.25) is 10.0 Å². The van der Waals surface area contributed by atoms with Gasteiger partial charge in [0, 0.05) is 6.07 Å². The van der Waals surface area contributed by atoms with E-state index in [0.29, 0.717) is 0 Å². The molecule has 0 amide bonds. The third-order valence-electron chi connectivity index (χ3n) is 1.71. The normalized spacial score (nSPS) is 10.5. The number of nitro benzene ring substituents is 1. The van der Waals surface area contributed by atoms with Gasteiger partial charge < -0.3 is 5.11 Å². The zero-order valence-corrected chi connectivity index (χ0v) is 9.14. The number of sulfonamides is 1. The standard InChI is InChI=1S/C8H7N3O5S/c9-3-4-17(15,16)10-7-2-1-6(11(13)14)5-8(7)12/h1-2,5,10,12H,4H2. The van der Waals surface area contributed by atoms with E-state index in [0.717, 1.165) is 18.2 Å². The van der Waals surface area contributed by atoms with Crippen molar-refractivity contribution in [1.82, 2.24) is 0 Å². The van der Waals surface area contributed by atoms with E-state index in [1.165, 1.54) is 6.07 Å². The van der Waals surface area contributed by atoms with E-state index in [-0.39, 0.29) is 11.4 Å². The summed E-state index contributed by atoms with van der Waals surface area (Å²) in [6, 6.07) is 4.32. The Morgan fingerprint density at radius 1 is 1.53 bits per heavy atom. The van der Waals surface area contributed by atoms with Crippen LogP contribution in [0.2, 0.25) is 0 Å². The second kappa shape index (κ2) is 4.67. The first-order valence-electron chi connectivity index (χ1n) is 4.20. The summed E-state index contributed by atoms with van der Waals surface area (Å²) in [5.41, 5.74) is -0.586. The van der Waals surface area contributed by atoms with Gasteiger partial charge in [-0.05, 0) is 6.07 Å². The van der Waals surface area contributed by atoms with Crippen LogP contribution >= 0.6 is 0 Å². The molecule has 0 atom stereocenters. The second-order valence-electron chi connectivity index (χ2n) is 2.98. The number of phenols is 1. The van der Waals surface area contributed by atoms with Crippen molar-refractivity contribution in [2.45, 2.75) is 0 Å². The summed E-state index contributed by atoms with van der Waals surface area (Å²) in [6.07, 6.45) is 0. The summed E-state index contributed by atoms with van der Waals surface area (Å²) < 4.78 is 24.3. The van der Waals surface area contributed by atoms with Gasteiger partial charge in [-0.3, -0.25) is 14.8 Å². The van der Waals surface area contributed by atoms with Gasteiger partial charge in [-0.15, -0.1) is 0 Å². The molecule has 0 bridgehead atoms. The highest BCUT2D eigenvalue weighted by Gasteiger charge is 2.15. The molecule has 8 nitrogen and oxygen atoms in total. The number of non-ortho nitro benzene ring substituents is 1. The Morgan fingerprint density at radius 2 is 2.18 bits per heavy atom. The van der Waals surface area contributed by atoms with Crippen LogP contribution in [-0.4, -0.2) is 24.2 Å². The minimum Gasteiger partial charge on any atom is -0.505 e. The average molecular weight is 257 g/mol. The highest BCUT2D eigenvalue weighted by molar-refractivity contribution is 7.92. The molecule has 0 saturated carbocycles. The molecule has 1 rings (SSSR count). The van der Waals surface area contributed by atoms with Gasteiger partial charge in [0.1, 0.15) is 5.75 Å². The van der Waals surface area contributed by atoms with E-state index in [4.69, 9.17) is 5.26 Å². The third kappa shape index (κ3) is 3.32. The van der Waals surface area contributed by atoms with Crippen molar-refractivity contribution in [3.63, 3.8) is 0 Å². The molecule has 0 saturated heterocycles. The number of hydrogen-bond donors (Lipinski definition) is 2. The van der Waals surface area contributed by atoms with Crippen LogP contribution in [0.4, 0.5) is 11.4 Å². The number of aromatic hydroxyl groups is 1. The Kier molecular flexibility index (Phi) is 3.49. The van der Waals surface area contributed by atoms with Crippen LogP contribution in [-0.2, 0) is 10.0 Å². The molecule has 9 heteroatoms. The van der Waals surface area contributed by atoms with Crippen LogP contribution in [0.3, 0.4) is 0 Å². The minimum atomic E-state index is -3.88. The highest BCUT2D eigenvalue weighted by Crippen LogP contribution is 2.28. The maximum atomic E-state index is 11.2. The maximum absolute atomic E-state index is 11.2. The number of benzene rings is 1. The monoisotopic (exact) mass is 257 g/mol. The van der Waals surface area contributed by atoms with Crippen molar-refractivity contribution in [3.8, 4) is 11.8 Å². The molecule has 90 valence electrons. The van der Waals surface area contributed by atoms with Gasteiger partial charge in [-0.1, -0.05) is 0 Å². The number of nitro groups is 1. The molecular formula is C8H7N3O5S. The molecule has 0 aliphatic rings. The smallest absolute Gasteiger partial charge is 0.273 e. The first-order chi connectivity index (χ1) is 7.85. The molecule has 0 aromatic heterocycles. The summed E-state index contributed by atoms with van der Waals surface area (Å²) in [7, 11) is -3.88. The molecule has 17 heavy (non-hydrogen) atoms. The quantitative estimate of drug-likeness (QED) is 0.460. The van der Waals surface area contributed by atoms with Gasteiger partial charge in [-0.25, -0.2) is 8.42 Å². The number of nitriles is 1. The number of rotatable bonds is 4. The lowest BCUT2D eigenvalue weighted by atomic mass is 10.3. The van der Waals surface area contributed by atoms with Gasteiger partial charge in [0.05, 0.1) is 22.7 Å². The van der Waals surface area contributed by atoms with Gasteiger partial charge in [0.25, 0.3) is 5.69 Å². The largest absolute Gasteiger partial charge is 0.505 e. The summed E-state index contributed by atoms with van der Waals surface area (Å²) in [5, 5.41) is 28.0. The van der Waals surface area contributed by atoms with Crippen LogP contribution in [0.25, 0.3) is 0 Å². The van der Waals surface area contributed by atoms with Gasteiger partial charge in [-0.2, -0.15) is 5.26 Å². The van der Waals surface area contributed by atoms with Crippen LogP contribution in [0.5, 0.6) is 5.75 Å². The number of phenolic OH excluding ortho intramolecular Hbond substituents is 1. The lowest BCUT2D eigenvalue weighted by Gasteiger charge is -2.06.